The number of nitrogens with one attached hydrogen (secondary N) is 1. The van der Waals surface area contributed by atoms with Crippen molar-refractivity contribution in [2.45, 2.75) is 25.3 Å². The second-order valence-electron chi connectivity index (χ2n) is 5.05. The molecule has 1 aromatic carbocycles. The summed E-state index contributed by atoms with van der Waals surface area (Å²) in [5, 5.41) is 3.60. The fourth-order valence-corrected chi connectivity index (χ4v) is 2.52. The molecule has 1 fully saturated rings. The van der Waals surface area contributed by atoms with Crippen molar-refractivity contribution in [3.8, 4) is 0 Å². The van der Waals surface area contributed by atoms with Gasteiger partial charge < -0.3 is 10.2 Å². The Morgan fingerprint density at radius 1 is 1.33 bits per heavy atom. The van der Waals surface area contributed by atoms with E-state index < -0.39 is 0 Å². The van der Waals surface area contributed by atoms with Crippen LogP contribution in [0.5, 0.6) is 0 Å². The van der Waals surface area contributed by atoms with Crippen LogP contribution >= 0.6 is 0 Å². The Hall–Kier alpha value is -1.12. The highest BCUT2D eigenvalue weighted by atomic mass is 15.2. The molecule has 0 bridgehead atoms. The van der Waals surface area contributed by atoms with E-state index in [9.17, 15) is 0 Å². The molecule has 2 rings (SSSR count). The topological polar surface area (TPSA) is 15.3 Å². The Morgan fingerprint density at radius 2 is 2.17 bits per heavy atom. The number of hydrogen-bond acceptors (Lipinski definition) is 2. The molecular weight excluding hydrogens is 220 g/mol. The van der Waals surface area contributed by atoms with Crippen LogP contribution in [-0.4, -0.2) is 37.1 Å². The van der Waals surface area contributed by atoms with Crippen molar-refractivity contribution in [2.75, 3.05) is 26.2 Å². The van der Waals surface area contributed by atoms with Crippen LogP contribution in [0.25, 0.3) is 0 Å². The normalized spacial score (nSPS) is 20.1. The van der Waals surface area contributed by atoms with Crippen LogP contribution in [0.3, 0.4) is 0 Å². The Kier molecular flexibility index (Phi) is 5.43. The molecule has 0 aromatic heterocycles. The van der Waals surface area contributed by atoms with E-state index in [1.807, 2.05) is 6.08 Å². The van der Waals surface area contributed by atoms with Gasteiger partial charge in [0.2, 0.25) is 0 Å². The molecule has 1 unspecified atom stereocenters. The molecule has 0 saturated carbocycles. The zero-order valence-electron chi connectivity index (χ0n) is 11.1. The number of benzene rings is 1. The first-order chi connectivity index (χ1) is 8.88. The van der Waals surface area contributed by atoms with E-state index in [1.165, 1.54) is 38.0 Å². The molecule has 98 valence electrons. The first-order valence-electron chi connectivity index (χ1n) is 6.99. The zero-order valence-corrected chi connectivity index (χ0v) is 11.1. The van der Waals surface area contributed by atoms with Gasteiger partial charge in [-0.3, -0.25) is 0 Å². The summed E-state index contributed by atoms with van der Waals surface area (Å²) < 4.78 is 0. The van der Waals surface area contributed by atoms with E-state index in [0.717, 1.165) is 13.0 Å². The number of hydrogen-bond donors (Lipinski definition) is 1. The third kappa shape index (κ3) is 4.28. The van der Waals surface area contributed by atoms with Crippen molar-refractivity contribution in [3.63, 3.8) is 0 Å². The average Bonchev–Trinajstić information content (AvgIpc) is 2.86. The summed E-state index contributed by atoms with van der Waals surface area (Å²) >= 11 is 0. The summed E-state index contributed by atoms with van der Waals surface area (Å²) in [5.41, 5.74) is 1.44. The van der Waals surface area contributed by atoms with Crippen LogP contribution in [0.2, 0.25) is 0 Å². The molecular formula is C16H24N2. The third-order valence-electron chi connectivity index (χ3n) is 3.61. The molecule has 2 nitrogen and oxygen atoms in total. The van der Waals surface area contributed by atoms with Gasteiger partial charge in [0.05, 0.1) is 0 Å². The minimum atomic E-state index is 0.681. The largest absolute Gasteiger partial charge is 0.312 e. The molecule has 1 saturated heterocycles. The summed E-state index contributed by atoms with van der Waals surface area (Å²) in [6, 6.07) is 11.4. The molecule has 0 aliphatic carbocycles. The van der Waals surface area contributed by atoms with Crippen LogP contribution < -0.4 is 5.32 Å². The summed E-state index contributed by atoms with van der Waals surface area (Å²) in [6.07, 6.45) is 5.50. The molecule has 1 heterocycles. The SMILES string of the molecule is C=CCCNC1CCN(CCc2ccccc2)C1. The second kappa shape index (κ2) is 7.34. The monoisotopic (exact) mass is 244 g/mol. The standard InChI is InChI=1S/C16H24N2/c1-2-3-11-17-16-10-13-18(14-16)12-9-15-7-5-4-6-8-15/h2,4-8,16-17H,1,3,9-14H2. The molecule has 0 amide bonds. The maximum atomic E-state index is 3.75. The van der Waals surface area contributed by atoms with Gasteiger partial charge in [-0.15, -0.1) is 6.58 Å². The maximum Gasteiger partial charge on any atom is 0.0207 e. The Morgan fingerprint density at radius 3 is 2.94 bits per heavy atom. The Balaban J connectivity index is 1.65. The van der Waals surface area contributed by atoms with E-state index in [2.05, 4.69) is 47.1 Å². The second-order valence-corrected chi connectivity index (χ2v) is 5.05. The van der Waals surface area contributed by atoms with E-state index in [0.29, 0.717) is 6.04 Å². The van der Waals surface area contributed by atoms with Gasteiger partial charge in [-0.1, -0.05) is 36.4 Å². The third-order valence-corrected chi connectivity index (χ3v) is 3.61. The van der Waals surface area contributed by atoms with E-state index >= 15 is 0 Å². The van der Waals surface area contributed by atoms with Crippen LogP contribution in [0.15, 0.2) is 43.0 Å². The quantitative estimate of drug-likeness (QED) is 0.585. The van der Waals surface area contributed by atoms with Gasteiger partial charge in [0.15, 0.2) is 0 Å². The number of likely N-dealkylation sites (tertiary alicyclic amines) is 1. The molecule has 1 aromatic rings. The lowest BCUT2D eigenvalue weighted by Gasteiger charge is -2.16. The summed E-state index contributed by atoms with van der Waals surface area (Å²) in [6.45, 7) is 8.44. The summed E-state index contributed by atoms with van der Waals surface area (Å²) in [4.78, 5) is 2.57. The van der Waals surface area contributed by atoms with Crippen LogP contribution in [0.1, 0.15) is 18.4 Å². The predicted molar refractivity (Wildman–Crippen MR) is 77.8 cm³/mol. The molecule has 0 spiro atoms. The summed E-state index contributed by atoms with van der Waals surface area (Å²) in [7, 11) is 0. The molecule has 2 heteroatoms. The lowest BCUT2D eigenvalue weighted by molar-refractivity contribution is 0.332. The fraction of sp³-hybridized carbons (Fsp3) is 0.500. The van der Waals surface area contributed by atoms with Gasteiger partial charge in [-0.05, 0) is 37.9 Å². The molecule has 1 aliphatic rings. The highest BCUT2D eigenvalue weighted by molar-refractivity contribution is 5.14. The first kappa shape index (κ1) is 13.3. The van der Waals surface area contributed by atoms with Crippen molar-refractivity contribution in [1.29, 1.82) is 0 Å². The Labute approximate surface area is 111 Å². The molecule has 1 aliphatic heterocycles. The fourth-order valence-electron chi connectivity index (χ4n) is 2.52. The van der Waals surface area contributed by atoms with Gasteiger partial charge in [-0.2, -0.15) is 0 Å². The lowest BCUT2D eigenvalue weighted by atomic mass is 10.1. The number of nitrogens with zero attached hydrogens (tertiary/aromatic N) is 1. The average molecular weight is 244 g/mol. The summed E-state index contributed by atoms with van der Waals surface area (Å²) in [5.74, 6) is 0. The highest BCUT2D eigenvalue weighted by Crippen LogP contribution is 2.10. The van der Waals surface area contributed by atoms with E-state index in [-0.39, 0.29) is 0 Å². The van der Waals surface area contributed by atoms with E-state index in [4.69, 9.17) is 0 Å². The minimum Gasteiger partial charge on any atom is -0.312 e. The molecule has 1 atom stereocenters. The molecule has 0 radical (unpaired) electrons. The van der Waals surface area contributed by atoms with E-state index in [1.54, 1.807) is 0 Å². The van der Waals surface area contributed by atoms with Crippen molar-refractivity contribution in [1.82, 2.24) is 10.2 Å². The van der Waals surface area contributed by atoms with Gasteiger partial charge in [0.1, 0.15) is 0 Å². The van der Waals surface area contributed by atoms with Gasteiger partial charge in [0.25, 0.3) is 0 Å². The Bertz CT molecular complexity index is 347. The highest BCUT2D eigenvalue weighted by Gasteiger charge is 2.20. The van der Waals surface area contributed by atoms with Crippen molar-refractivity contribution >= 4 is 0 Å². The lowest BCUT2D eigenvalue weighted by Crippen LogP contribution is -2.33. The van der Waals surface area contributed by atoms with Crippen molar-refractivity contribution in [2.24, 2.45) is 0 Å². The van der Waals surface area contributed by atoms with Gasteiger partial charge >= 0.3 is 0 Å². The van der Waals surface area contributed by atoms with Crippen LogP contribution in [0, 0.1) is 0 Å². The maximum absolute atomic E-state index is 3.75. The van der Waals surface area contributed by atoms with Gasteiger partial charge in [0, 0.05) is 19.1 Å². The zero-order chi connectivity index (χ0) is 12.6. The van der Waals surface area contributed by atoms with Crippen LogP contribution in [0.4, 0.5) is 0 Å². The minimum absolute atomic E-state index is 0.681. The van der Waals surface area contributed by atoms with Gasteiger partial charge in [-0.25, -0.2) is 0 Å². The van der Waals surface area contributed by atoms with Crippen LogP contribution in [-0.2, 0) is 6.42 Å². The van der Waals surface area contributed by atoms with Crippen molar-refractivity contribution in [3.05, 3.63) is 48.6 Å². The molecule has 18 heavy (non-hydrogen) atoms. The molecule has 1 N–H and O–H groups in total. The smallest absolute Gasteiger partial charge is 0.0207 e. The number of rotatable bonds is 7. The predicted octanol–water partition coefficient (Wildman–Crippen LogP) is 2.47. The van der Waals surface area contributed by atoms with Crippen molar-refractivity contribution < 1.29 is 0 Å². The first-order valence-corrected chi connectivity index (χ1v) is 6.99.